The number of nitrogens with two attached hydrogens (primary N) is 1. The largest absolute Gasteiger partial charge is 0.478 e. The minimum Gasteiger partial charge on any atom is -0.478 e. The lowest BCUT2D eigenvalue weighted by molar-refractivity contribution is 0.0696. The maximum atomic E-state index is 13.1. The van der Waals surface area contributed by atoms with Crippen molar-refractivity contribution in [2.45, 2.75) is 56.9 Å². The van der Waals surface area contributed by atoms with Gasteiger partial charge in [-0.1, -0.05) is 43.5 Å². The van der Waals surface area contributed by atoms with Crippen LogP contribution in [0.25, 0.3) is 11.3 Å². The van der Waals surface area contributed by atoms with Crippen molar-refractivity contribution < 1.29 is 23.1 Å². The van der Waals surface area contributed by atoms with Crippen molar-refractivity contribution in [1.29, 1.82) is 0 Å². The van der Waals surface area contributed by atoms with Gasteiger partial charge in [0.05, 0.1) is 16.2 Å². The van der Waals surface area contributed by atoms with Crippen LogP contribution in [0.3, 0.4) is 0 Å². The van der Waals surface area contributed by atoms with Crippen molar-refractivity contribution in [3.63, 3.8) is 0 Å². The summed E-state index contributed by atoms with van der Waals surface area (Å²) in [5.74, 6) is -0.818. The fraction of sp³-hybridized carbons (Fsp3) is 0.370. The molecule has 3 aromatic rings. The first-order chi connectivity index (χ1) is 17.6. The van der Waals surface area contributed by atoms with E-state index < -0.39 is 16.0 Å². The summed E-state index contributed by atoms with van der Waals surface area (Å²) in [7, 11) is -4.17. The van der Waals surface area contributed by atoms with E-state index in [0.29, 0.717) is 11.6 Å². The van der Waals surface area contributed by atoms with Gasteiger partial charge in [-0.15, -0.1) is 0 Å². The van der Waals surface area contributed by atoms with Crippen molar-refractivity contribution in [2.24, 2.45) is 11.7 Å². The summed E-state index contributed by atoms with van der Waals surface area (Å²) in [6, 6.07) is 12.5. The Bertz CT molecular complexity index is 1370. The Morgan fingerprint density at radius 2 is 1.76 bits per heavy atom. The quantitative estimate of drug-likeness (QED) is 0.370. The number of anilines is 1. The molecule has 4 N–H and O–H groups in total. The van der Waals surface area contributed by atoms with Crippen LogP contribution in [0, 0.1) is 19.8 Å². The number of nitrogens with zero attached hydrogens (tertiary/aromatic N) is 2. The van der Waals surface area contributed by atoms with Crippen LogP contribution >= 0.6 is 0 Å². The summed E-state index contributed by atoms with van der Waals surface area (Å²) in [6.07, 6.45) is 5.70. The summed E-state index contributed by atoms with van der Waals surface area (Å²) in [4.78, 5) is 19.9. The number of carbonyl (C=O) groups is 1. The van der Waals surface area contributed by atoms with E-state index in [1.807, 2.05) is 32.0 Å². The molecule has 37 heavy (non-hydrogen) atoms. The summed E-state index contributed by atoms with van der Waals surface area (Å²) in [5, 5.41) is 9.25. The van der Waals surface area contributed by atoms with Crippen molar-refractivity contribution in [2.75, 3.05) is 11.3 Å². The number of hydrogen-bond acceptors (Lipinski definition) is 7. The number of carboxylic acid groups (broad SMARTS) is 1. The second-order valence-electron chi connectivity index (χ2n) is 9.49. The van der Waals surface area contributed by atoms with Gasteiger partial charge in [0.25, 0.3) is 10.0 Å². The van der Waals surface area contributed by atoms with Gasteiger partial charge in [-0.05, 0) is 61.9 Å². The molecule has 1 aliphatic rings. The number of aromatic carboxylic acids is 1. The number of hydrogen-bond donors (Lipinski definition) is 3. The summed E-state index contributed by atoms with van der Waals surface area (Å²) < 4.78 is 34.6. The Morgan fingerprint density at radius 1 is 1.08 bits per heavy atom. The minimum atomic E-state index is -4.17. The van der Waals surface area contributed by atoms with Gasteiger partial charge < -0.3 is 15.6 Å². The van der Waals surface area contributed by atoms with E-state index in [1.54, 1.807) is 6.07 Å². The third kappa shape index (κ3) is 6.44. The molecule has 1 aliphatic carbocycles. The molecule has 0 radical (unpaired) electrons. The Hall–Kier alpha value is -3.50. The first-order valence-electron chi connectivity index (χ1n) is 12.3. The molecule has 1 fully saturated rings. The number of aryl methyl sites for hydroxylation is 2. The molecular weight excluding hydrogens is 492 g/mol. The van der Waals surface area contributed by atoms with Crippen molar-refractivity contribution in [3.05, 3.63) is 65.2 Å². The summed E-state index contributed by atoms with van der Waals surface area (Å²) in [6.45, 7) is 4.15. The Kier molecular flexibility index (Phi) is 8.09. The van der Waals surface area contributed by atoms with Gasteiger partial charge in [0.2, 0.25) is 11.8 Å². The van der Waals surface area contributed by atoms with Crippen LogP contribution in [0.15, 0.2) is 53.4 Å². The lowest BCUT2D eigenvalue weighted by Crippen LogP contribution is -2.37. The first kappa shape index (κ1) is 26.6. The van der Waals surface area contributed by atoms with Gasteiger partial charge >= 0.3 is 5.97 Å². The highest BCUT2D eigenvalue weighted by Gasteiger charge is 2.23. The normalized spacial score (nSPS) is 15.2. The average Bonchev–Trinajstić information content (AvgIpc) is 2.87. The Labute approximate surface area is 217 Å². The van der Waals surface area contributed by atoms with E-state index in [2.05, 4.69) is 14.7 Å². The van der Waals surface area contributed by atoms with E-state index in [9.17, 15) is 18.3 Å². The summed E-state index contributed by atoms with van der Waals surface area (Å²) in [5.41, 5.74) is 9.55. The Morgan fingerprint density at radius 3 is 2.43 bits per heavy atom. The number of rotatable bonds is 9. The van der Waals surface area contributed by atoms with Gasteiger partial charge in [-0.25, -0.2) is 22.9 Å². The Balaban J connectivity index is 1.67. The van der Waals surface area contributed by atoms with Crippen molar-refractivity contribution in [1.82, 2.24) is 9.97 Å². The zero-order valence-corrected chi connectivity index (χ0v) is 21.8. The van der Waals surface area contributed by atoms with E-state index in [1.165, 1.54) is 24.6 Å². The monoisotopic (exact) mass is 524 g/mol. The predicted molar refractivity (Wildman–Crippen MR) is 141 cm³/mol. The highest BCUT2D eigenvalue weighted by molar-refractivity contribution is 7.92. The topological polar surface area (TPSA) is 144 Å². The second kappa shape index (κ2) is 11.3. The molecule has 1 heterocycles. The van der Waals surface area contributed by atoms with Crippen LogP contribution < -0.4 is 15.2 Å². The van der Waals surface area contributed by atoms with E-state index in [0.717, 1.165) is 48.4 Å². The molecule has 0 amide bonds. The zero-order chi connectivity index (χ0) is 26.6. The van der Waals surface area contributed by atoms with Crippen molar-refractivity contribution >= 4 is 21.9 Å². The smallest absolute Gasteiger partial charge is 0.335 e. The molecule has 1 aromatic heterocycles. The van der Waals surface area contributed by atoms with E-state index in [-0.39, 0.29) is 34.9 Å². The number of ether oxygens (including phenoxy) is 1. The molecular formula is C27H32N4O5S. The molecule has 4 rings (SSSR count). The molecule has 0 saturated heterocycles. The SMILES string of the molecule is Cc1cccc(C)c1-c1cc(OCC(N)C2CCCCC2)nc(NS(=O)(=O)c2cccc(C(=O)O)c2)n1. The van der Waals surface area contributed by atoms with Gasteiger partial charge in [-0.3, -0.25) is 0 Å². The number of aromatic nitrogens is 2. The first-order valence-corrected chi connectivity index (χ1v) is 13.8. The van der Waals surface area contributed by atoms with Gasteiger partial charge in [0.1, 0.15) is 6.61 Å². The number of carboxylic acids is 1. The maximum absolute atomic E-state index is 13.1. The molecule has 2 aromatic carbocycles. The third-order valence-corrected chi connectivity index (χ3v) is 8.06. The highest BCUT2D eigenvalue weighted by Crippen LogP contribution is 2.30. The molecule has 1 unspecified atom stereocenters. The van der Waals surface area contributed by atoms with E-state index in [4.69, 9.17) is 10.5 Å². The van der Waals surface area contributed by atoms with Gasteiger partial charge in [0, 0.05) is 17.7 Å². The van der Waals surface area contributed by atoms with Crippen LogP contribution in [0.4, 0.5) is 5.95 Å². The third-order valence-electron chi connectivity index (χ3n) is 6.74. The molecule has 0 aliphatic heterocycles. The fourth-order valence-corrected chi connectivity index (χ4v) is 5.74. The highest BCUT2D eigenvalue weighted by atomic mass is 32.2. The fourth-order valence-electron chi connectivity index (χ4n) is 4.75. The average molecular weight is 525 g/mol. The maximum Gasteiger partial charge on any atom is 0.335 e. The molecule has 0 bridgehead atoms. The van der Waals surface area contributed by atoms with Crippen LogP contribution in [-0.2, 0) is 10.0 Å². The van der Waals surface area contributed by atoms with Crippen LogP contribution in [0.1, 0.15) is 53.6 Å². The molecule has 10 heteroatoms. The van der Waals surface area contributed by atoms with Crippen LogP contribution in [0.5, 0.6) is 5.88 Å². The van der Waals surface area contributed by atoms with E-state index >= 15 is 0 Å². The molecule has 196 valence electrons. The summed E-state index contributed by atoms with van der Waals surface area (Å²) >= 11 is 0. The zero-order valence-electron chi connectivity index (χ0n) is 21.0. The van der Waals surface area contributed by atoms with Crippen LogP contribution in [-0.4, -0.2) is 42.1 Å². The predicted octanol–water partition coefficient (Wildman–Crippen LogP) is 4.55. The number of sulfonamides is 1. The van der Waals surface area contributed by atoms with Crippen molar-refractivity contribution in [3.8, 4) is 17.1 Å². The van der Waals surface area contributed by atoms with Crippen LogP contribution in [0.2, 0.25) is 0 Å². The number of benzene rings is 2. The lowest BCUT2D eigenvalue weighted by Gasteiger charge is -2.27. The minimum absolute atomic E-state index is 0.145. The molecule has 1 atom stereocenters. The standard InChI is InChI=1S/C27H32N4O5S/c1-17-8-6-9-18(2)25(17)23-15-24(36-16-22(28)19-10-4-3-5-11-19)30-27(29-23)31-37(34,35)21-13-7-12-20(14-21)26(32)33/h6-9,12-15,19,22H,3-5,10-11,16,28H2,1-2H3,(H,32,33)(H,29,30,31). The van der Waals surface area contributed by atoms with Gasteiger partial charge in [-0.2, -0.15) is 4.98 Å². The molecule has 0 spiro atoms. The molecule has 9 nitrogen and oxygen atoms in total. The van der Waals surface area contributed by atoms with Gasteiger partial charge in [0.15, 0.2) is 0 Å². The second-order valence-corrected chi connectivity index (χ2v) is 11.2. The lowest BCUT2D eigenvalue weighted by atomic mass is 9.84. The number of nitrogens with one attached hydrogen (secondary N) is 1. The molecule has 1 saturated carbocycles.